The summed E-state index contributed by atoms with van der Waals surface area (Å²) < 4.78 is 3.24. The van der Waals surface area contributed by atoms with Crippen molar-refractivity contribution in [1.29, 1.82) is 0 Å². The third-order valence-corrected chi connectivity index (χ3v) is 3.36. The molecule has 0 fully saturated rings. The third-order valence-electron chi connectivity index (χ3n) is 3.36. The summed E-state index contributed by atoms with van der Waals surface area (Å²) in [5.41, 5.74) is 0.937. The number of anilines is 1. The van der Waals surface area contributed by atoms with Gasteiger partial charge in [-0.2, -0.15) is 0 Å². The highest BCUT2D eigenvalue weighted by Crippen LogP contribution is 2.10. The van der Waals surface area contributed by atoms with Crippen LogP contribution in [0.4, 0.5) is 5.69 Å². The molecule has 23 heavy (non-hydrogen) atoms. The number of carbonyl (C=O) groups is 1. The molecule has 3 heterocycles. The monoisotopic (exact) mass is 309 g/mol. The number of aromatic nitrogens is 4. The number of hydrogen-bond donors (Lipinski definition) is 1. The average Bonchev–Trinajstić information content (AvgIpc) is 3.11. The number of nitrogens with zero attached hydrogens (tertiary/aromatic N) is 4. The zero-order chi connectivity index (χ0) is 16.2. The van der Waals surface area contributed by atoms with E-state index < -0.39 is 0 Å². The van der Waals surface area contributed by atoms with Crippen LogP contribution in [0.5, 0.6) is 0 Å². The van der Waals surface area contributed by atoms with Crippen LogP contribution in [-0.2, 0) is 6.54 Å². The molecule has 0 radical (unpaired) electrons. The van der Waals surface area contributed by atoms with Crippen molar-refractivity contribution < 1.29 is 4.79 Å². The van der Waals surface area contributed by atoms with Crippen LogP contribution in [0, 0.1) is 0 Å². The Bertz CT molecular complexity index is 883. The van der Waals surface area contributed by atoms with Crippen molar-refractivity contribution in [3.05, 3.63) is 71.3 Å². The molecule has 0 spiro atoms. The number of imidazole rings is 1. The minimum Gasteiger partial charge on any atom is -0.321 e. The first-order valence-electron chi connectivity index (χ1n) is 7.13. The second-order valence-electron chi connectivity index (χ2n) is 4.87. The van der Waals surface area contributed by atoms with E-state index in [0.29, 0.717) is 23.6 Å². The van der Waals surface area contributed by atoms with Gasteiger partial charge in [-0.25, -0.2) is 9.97 Å². The Labute approximate surface area is 132 Å². The maximum Gasteiger partial charge on any atom is 0.255 e. The highest BCUT2D eigenvalue weighted by molar-refractivity contribution is 6.04. The topological polar surface area (TPSA) is 81.8 Å². The zero-order valence-corrected chi connectivity index (χ0v) is 12.5. The van der Waals surface area contributed by atoms with Crippen LogP contribution in [0.1, 0.15) is 17.3 Å². The molecular weight excluding hydrogens is 294 g/mol. The van der Waals surface area contributed by atoms with Gasteiger partial charge in [0.25, 0.3) is 11.5 Å². The molecule has 3 aromatic heterocycles. The summed E-state index contributed by atoms with van der Waals surface area (Å²) >= 11 is 0. The summed E-state index contributed by atoms with van der Waals surface area (Å²) in [5, 5.41) is 2.78. The quantitative estimate of drug-likeness (QED) is 0.795. The number of rotatable bonds is 4. The van der Waals surface area contributed by atoms with E-state index in [4.69, 9.17) is 0 Å². The van der Waals surface area contributed by atoms with E-state index in [1.807, 2.05) is 6.92 Å². The Morgan fingerprint density at radius 2 is 2.13 bits per heavy atom. The van der Waals surface area contributed by atoms with Gasteiger partial charge in [0.15, 0.2) is 0 Å². The minimum absolute atomic E-state index is 0.100. The third kappa shape index (κ3) is 3.18. The van der Waals surface area contributed by atoms with Gasteiger partial charge in [0.05, 0.1) is 5.69 Å². The van der Waals surface area contributed by atoms with Crippen molar-refractivity contribution >= 4 is 11.6 Å². The molecule has 3 aromatic rings. The van der Waals surface area contributed by atoms with Gasteiger partial charge in [-0.1, -0.05) is 0 Å². The number of hydrogen-bond acceptors (Lipinski definition) is 4. The largest absolute Gasteiger partial charge is 0.321 e. The first-order chi connectivity index (χ1) is 11.2. The minimum atomic E-state index is -0.268. The lowest BCUT2D eigenvalue weighted by Gasteiger charge is -2.09. The zero-order valence-electron chi connectivity index (χ0n) is 12.5. The lowest BCUT2D eigenvalue weighted by atomic mass is 10.2. The fraction of sp³-hybridized carbons (Fsp3) is 0.125. The van der Waals surface area contributed by atoms with Crippen molar-refractivity contribution in [2.75, 3.05) is 5.32 Å². The van der Waals surface area contributed by atoms with Crippen LogP contribution in [0.15, 0.2) is 60.2 Å². The Kier molecular flexibility index (Phi) is 4.01. The number of carbonyl (C=O) groups excluding carboxylic acids is 1. The first-order valence-corrected chi connectivity index (χ1v) is 7.13. The molecule has 0 aromatic carbocycles. The van der Waals surface area contributed by atoms with Crippen LogP contribution in [0.3, 0.4) is 0 Å². The first kappa shape index (κ1) is 14.7. The fourth-order valence-corrected chi connectivity index (χ4v) is 2.15. The van der Waals surface area contributed by atoms with Crippen molar-refractivity contribution in [2.45, 2.75) is 13.5 Å². The van der Waals surface area contributed by atoms with E-state index in [1.54, 1.807) is 53.9 Å². The Balaban J connectivity index is 1.84. The lowest BCUT2D eigenvalue weighted by Crippen LogP contribution is -2.20. The van der Waals surface area contributed by atoms with E-state index in [1.165, 1.54) is 10.6 Å². The highest BCUT2D eigenvalue weighted by Gasteiger charge is 2.09. The van der Waals surface area contributed by atoms with Crippen LogP contribution < -0.4 is 10.9 Å². The maximum atomic E-state index is 12.4. The van der Waals surface area contributed by atoms with Gasteiger partial charge in [-0.3, -0.25) is 14.2 Å². The van der Waals surface area contributed by atoms with Gasteiger partial charge in [0.1, 0.15) is 12.1 Å². The van der Waals surface area contributed by atoms with E-state index >= 15 is 0 Å². The molecule has 0 atom stereocenters. The van der Waals surface area contributed by atoms with Gasteiger partial charge in [-0.15, -0.1) is 0 Å². The number of nitrogens with one attached hydrogen (secondary N) is 1. The van der Waals surface area contributed by atoms with Gasteiger partial charge >= 0.3 is 0 Å². The highest BCUT2D eigenvalue weighted by atomic mass is 16.1. The average molecular weight is 309 g/mol. The smallest absolute Gasteiger partial charge is 0.255 e. The van der Waals surface area contributed by atoms with E-state index in [2.05, 4.69) is 15.3 Å². The predicted octanol–water partition coefficient (Wildman–Crippen LogP) is 1.70. The second kappa shape index (κ2) is 6.27. The van der Waals surface area contributed by atoms with Crippen LogP contribution in [0.2, 0.25) is 0 Å². The summed E-state index contributed by atoms with van der Waals surface area (Å²) in [6, 6.07) is 6.32. The standard InChI is InChI=1S/C16H15N5O2/c1-2-20-10-13(3-4-15(20)22)19-16(23)12-5-6-18-14(9-12)21-8-7-17-11-21/h3-11H,2H2,1H3,(H,19,23). The number of aryl methyl sites for hydroxylation is 1. The van der Waals surface area contributed by atoms with E-state index in [9.17, 15) is 9.59 Å². The Morgan fingerprint density at radius 1 is 1.26 bits per heavy atom. The van der Waals surface area contributed by atoms with Crippen LogP contribution in [-0.4, -0.2) is 25.0 Å². The molecule has 7 heteroatoms. The predicted molar refractivity (Wildman–Crippen MR) is 85.7 cm³/mol. The van der Waals surface area contributed by atoms with E-state index in [0.717, 1.165) is 0 Å². The van der Waals surface area contributed by atoms with Gasteiger partial charge in [0.2, 0.25) is 0 Å². The van der Waals surface area contributed by atoms with Gasteiger partial charge in [0, 0.05) is 43.0 Å². The molecule has 0 saturated carbocycles. The molecule has 3 rings (SSSR count). The van der Waals surface area contributed by atoms with Crippen LogP contribution in [0.25, 0.3) is 5.82 Å². The molecule has 0 aliphatic heterocycles. The molecule has 0 saturated heterocycles. The number of amides is 1. The number of pyridine rings is 2. The molecule has 0 aliphatic rings. The molecule has 1 N–H and O–H groups in total. The molecule has 0 bridgehead atoms. The molecule has 1 amide bonds. The van der Waals surface area contributed by atoms with Crippen molar-refractivity contribution in [2.24, 2.45) is 0 Å². The lowest BCUT2D eigenvalue weighted by molar-refractivity contribution is 0.102. The molecular formula is C16H15N5O2. The van der Waals surface area contributed by atoms with Crippen LogP contribution >= 0.6 is 0 Å². The summed E-state index contributed by atoms with van der Waals surface area (Å²) in [5.74, 6) is 0.337. The normalized spacial score (nSPS) is 10.5. The summed E-state index contributed by atoms with van der Waals surface area (Å²) in [4.78, 5) is 32.1. The van der Waals surface area contributed by atoms with Crippen molar-refractivity contribution in [3.8, 4) is 5.82 Å². The molecule has 116 valence electrons. The molecule has 0 unspecified atom stereocenters. The van der Waals surface area contributed by atoms with Crippen molar-refractivity contribution in [1.82, 2.24) is 19.1 Å². The van der Waals surface area contributed by atoms with Crippen molar-refractivity contribution in [3.63, 3.8) is 0 Å². The van der Waals surface area contributed by atoms with E-state index in [-0.39, 0.29) is 11.5 Å². The maximum absolute atomic E-state index is 12.4. The Hall–Kier alpha value is -3.22. The molecule has 0 aliphatic carbocycles. The second-order valence-corrected chi connectivity index (χ2v) is 4.87. The summed E-state index contributed by atoms with van der Waals surface area (Å²) in [7, 11) is 0. The summed E-state index contributed by atoms with van der Waals surface area (Å²) in [6.45, 7) is 2.41. The van der Waals surface area contributed by atoms with Gasteiger partial charge < -0.3 is 9.88 Å². The summed E-state index contributed by atoms with van der Waals surface area (Å²) in [6.07, 6.45) is 8.19. The SMILES string of the molecule is CCn1cc(NC(=O)c2ccnc(-n3ccnc3)c2)ccc1=O. The Morgan fingerprint density at radius 3 is 2.87 bits per heavy atom. The fourth-order valence-electron chi connectivity index (χ4n) is 2.15. The molecule has 7 nitrogen and oxygen atoms in total. The van der Waals surface area contributed by atoms with Gasteiger partial charge in [-0.05, 0) is 25.1 Å².